The molecule has 0 spiro atoms. The third-order valence-corrected chi connectivity index (χ3v) is 3.50. The minimum Gasteiger partial charge on any atom is -0.494 e. The van der Waals surface area contributed by atoms with Crippen LogP contribution in [0.1, 0.15) is 36.8 Å². The van der Waals surface area contributed by atoms with Gasteiger partial charge in [-0.1, -0.05) is 18.2 Å². The largest absolute Gasteiger partial charge is 0.494 e. The van der Waals surface area contributed by atoms with E-state index in [9.17, 15) is 0 Å². The van der Waals surface area contributed by atoms with E-state index in [-0.39, 0.29) is 0 Å². The van der Waals surface area contributed by atoms with E-state index in [1.807, 2.05) is 52.0 Å². The number of aliphatic imine (C=N–C) groups is 1. The number of hydrogen-bond donors (Lipinski definition) is 2. The standard InChI is InChI=1S/C18H26N4O2/c1-5-19-18(21-12-17-22-13(3)14(4)24-17)20-11-15-9-7-8-10-16(15)23-6-2/h7-10H,5-6,11-12H2,1-4H3,(H2,19,20,21). The normalized spacial score (nSPS) is 11.4. The molecule has 0 aliphatic carbocycles. The Bertz CT molecular complexity index is 660. The average molecular weight is 330 g/mol. The first-order valence-corrected chi connectivity index (χ1v) is 8.29. The van der Waals surface area contributed by atoms with Crippen LogP contribution in [0.15, 0.2) is 33.7 Å². The maximum Gasteiger partial charge on any atom is 0.214 e. The molecule has 0 amide bonds. The highest BCUT2D eigenvalue weighted by atomic mass is 16.5. The van der Waals surface area contributed by atoms with Gasteiger partial charge in [0.25, 0.3) is 0 Å². The second kappa shape index (κ2) is 8.96. The van der Waals surface area contributed by atoms with Crippen LogP contribution in [-0.4, -0.2) is 24.1 Å². The Morgan fingerprint density at radius 2 is 2.00 bits per heavy atom. The molecule has 6 nitrogen and oxygen atoms in total. The van der Waals surface area contributed by atoms with E-state index in [4.69, 9.17) is 9.15 Å². The van der Waals surface area contributed by atoms with Crippen molar-refractivity contribution in [1.29, 1.82) is 0 Å². The minimum absolute atomic E-state index is 0.494. The second-order valence-electron chi connectivity index (χ2n) is 5.34. The zero-order chi connectivity index (χ0) is 17.4. The van der Waals surface area contributed by atoms with Gasteiger partial charge in [0.05, 0.1) is 25.4 Å². The van der Waals surface area contributed by atoms with Gasteiger partial charge in [-0.05, 0) is 33.8 Å². The zero-order valence-electron chi connectivity index (χ0n) is 14.8. The molecule has 0 aliphatic heterocycles. The van der Waals surface area contributed by atoms with Crippen molar-refractivity contribution in [3.63, 3.8) is 0 Å². The molecule has 0 atom stereocenters. The molecule has 0 bridgehead atoms. The lowest BCUT2D eigenvalue weighted by atomic mass is 10.2. The Hall–Kier alpha value is -2.50. The summed E-state index contributed by atoms with van der Waals surface area (Å²) in [6.07, 6.45) is 0. The van der Waals surface area contributed by atoms with Crippen LogP contribution < -0.4 is 15.4 Å². The van der Waals surface area contributed by atoms with Crippen molar-refractivity contribution in [2.75, 3.05) is 13.2 Å². The molecule has 0 radical (unpaired) electrons. The quantitative estimate of drug-likeness (QED) is 0.603. The Balaban J connectivity index is 2.02. The fraction of sp³-hybridized carbons (Fsp3) is 0.444. The molecule has 130 valence electrons. The van der Waals surface area contributed by atoms with Crippen molar-refractivity contribution < 1.29 is 9.15 Å². The summed E-state index contributed by atoms with van der Waals surface area (Å²) in [4.78, 5) is 8.98. The van der Waals surface area contributed by atoms with Gasteiger partial charge >= 0.3 is 0 Å². The number of guanidine groups is 1. The van der Waals surface area contributed by atoms with Crippen molar-refractivity contribution in [1.82, 2.24) is 15.6 Å². The summed E-state index contributed by atoms with van der Waals surface area (Å²) >= 11 is 0. The first kappa shape index (κ1) is 17.8. The van der Waals surface area contributed by atoms with E-state index >= 15 is 0 Å². The lowest BCUT2D eigenvalue weighted by molar-refractivity contribution is 0.336. The Morgan fingerprint density at radius 1 is 1.21 bits per heavy atom. The molecule has 0 saturated heterocycles. The molecule has 0 aliphatic rings. The number of aromatic nitrogens is 1. The van der Waals surface area contributed by atoms with Crippen LogP contribution in [0.4, 0.5) is 0 Å². The second-order valence-corrected chi connectivity index (χ2v) is 5.34. The number of rotatable bonds is 7. The van der Waals surface area contributed by atoms with Crippen LogP contribution in [0.2, 0.25) is 0 Å². The Morgan fingerprint density at radius 3 is 2.67 bits per heavy atom. The number of aryl methyl sites for hydroxylation is 2. The van der Waals surface area contributed by atoms with Crippen molar-refractivity contribution in [2.24, 2.45) is 4.99 Å². The summed E-state index contributed by atoms with van der Waals surface area (Å²) in [6, 6.07) is 7.95. The summed E-state index contributed by atoms with van der Waals surface area (Å²) in [7, 11) is 0. The van der Waals surface area contributed by atoms with E-state index in [0.29, 0.717) is 25.6 Å². The smallest absolute Gasteiger partial charge is 0.214 e. The van der Waals surface area contributed by atoms with Gasteiger partial charge in [-0.25, -0.2) is 9.98 Å². The molecule has 2 N–H and O–H groups in total. The van der Waals surface area contributed by atoms with E-state index < -0.39 is 0 Å². The summed E-state index contributed by atoms with van der Waals surface area (Å²) < 4.78 is 11.2. The predicted octanol–water partition coefficient (Wildman–Crippen LogP) is 2.95. The highest BCUT2D eigenvalue weighted by Crippen LogP contribution is 2.18. The molecular weight excluding hydrogens is 304 g/mol. The molecule has 0 fully saturated rings. The van der Waals surface area contributed by atoms with E-state index in [0.717, 1.165) is 35.3 Å². The topological polar surface area (TPSA) is 71.7 Å². The van der Waals surface area contributed by atoms with Gasteiger partial charge in [-0.2, -0.15) is 0 Å². The molecule has 2 aromatic rings. The van der Waals surface area contributed by atoms with Gasteiger partial charge in [0.15, 0.2) is 5.96 Å². The van der Waals surface area contributed by atoms with Crippen molar-refractivity contribution in [2.45, 2.75) is 40.8 Å². The lowest BCUT2D eigenvalue weighted by Crippen LogP contribution is -2.36. The number of oxazole rings is 1. The van der Waals surface area contributed by atoms with Gasteiger partial charge in [-0.3, -0.25) is 0 Å². The molecule has 1 aromatic carbocycles. The van der Waals surface area contributed by atoms with Gasteiger partial charge < -0.3 is 19.8 Å². The summed E-state index contributed by atoms with van der Waals surface area (Å²) in [5.41, 5.74) is 1.97. The molecule has 1 heterocycles. The van der Waals surface area contributed by atoms with Crippen molar-refractivity contribution >= 4 is 5.96 Å². The molecule has 1 aromatic heterocycles. The monoisotopic (exact) mass is 330 g/mol. The average Bonchev–Trinajstić information content (AvgIpc) is 2.90. The fourth-order valence-electron chi connectivity index (χ4n) is 2.21. The van der Waals surface area contributed by atoms with Crippen LogP contribution in [0, 0.1) is 13.8 Å². The van der Waals surface area contributed by atoms with Crippen LogP contribution >= 0.6 is 0 Å². The van der Waals surface area contributed by atoms with Crippen LogP contribution in [-0.2, 0) is 13.1 Å². The van der Waals surface area contributed by atoms with Crippen LogP contribution in [0.3, 0.4) is 0 Å². The number of benzene rings is 1. The van der Waals surface area contributed by atoms with Gasteiger partial charge in [0.1, 0.15) is 11.5 Å². The van der Waals surface area contributed by atoms with E-state index in [2.05, 4.69) is 20.6 Å². The van der Waals surface area contributed by atoms with Crippen LogP contribution in [0.25, 0.3) is 0 Å². The molecule has 0 saturated carbocycles. The van der Waals surface area contributed by atoms with Gasteiger partial charge in [0, 0.05) is 12.1 Å². The molecular formula is C18H26N4O2. The van der Waals surface area contributed by atoms with Crippen molar-refractivity contribution in [3.05, 3.63) is 47.2 Å². The number of para-hydroxylation sites is 1. The molecule has 24 heavy (non-hydrogen) atoms. The first-order valence-electron chi connectivity index (χ1n) is 8.29. The third kappa shape index (κ3) is 5.01. The van der Waals surface area contributed by atoms with E-state index in [1.165, 1.54) is 0 Å². The molecule has 2 rings (SSSR count). The number of nitrogens with one attached hydrogen (secondary N) is 2. The zero-order valence-corrected chi connectivity index (χ0v) is 14.8. The SMILES string of the molecule is CCNC(=NCc1ccccc1OCC)NCc1nc(C)c(C)o1. The maximum atomic E-state index is 5.64. The number of ether oxygens (including phenoxy) is 1. The van der Waals surface area contributed by atoms with Crippen LogP contribution in [0.5, 0.6) is 5.75 Å². The minimum atomic E-state index is 0.494. The molecule has 6 heteroatoms. The fourth-order valence-corrected chi connectivity index (χ4v) is 2.21. The maximum absolute atomic E-state index is 5.64. The summed E-state index contributed by atoms with van der Waals surface area (Å²) in [5.74, 6) is 3.10. The lowest BCUT2D eigenvalue weighted by Gasteiger charge is -2.11. The predicted molar refractivity (Wildman–Crippen MR) is 95.2 cm³/mol. The highest BCUT2D eigenvalue weighted by molar-refractivity contribution is 5.79. The summed E-state index contributed by atoms with van der Waals surface area (Å²) in [6.45, 7) is 10.3. The Kier molecular flexibility index (Phi) is 6.66. The third-order valence-electron chi connectivity index (χ3n) is 3.50. The number of nitrogens with zero attached hydrogens (tertiary/aromatic N) is 2. The summed E-state index contributed by atoms with van der Waals surface area (Å²) in [5, 5.41) is 6.47. The van der Waals surface area contributed by atoms with Gasteiger partial charge in [-0.15, -0.1) is 0 Å². The highest BCUT2D eigenvalue weighted by Gasteiger charge is 2.07. The Labute approximate surface area is 143 Å². The van der Waals surface area contributed by atoms with Gasteiger partial charge in [0.2, 0.25) is 5.89 Å². The number of hydrogen-bond acceptors (Lipinski definition) is 4. The van der Waals surface area contributed by atoms with Crippen molar-refractivity contribution in [3.8, 4) is 5.75 Å². The first-order chi connectivity index (χ1) is 11.6. The molecule has 0 unspecified atom stereocenters. The van der Waals surface area contributed by atoms with E-state index in [1.54, 1.807) is 0 Å².